The molecule has 0 fully saturated rings. The van der Waals surface area contributed by atoms with Crippen LogP contribution >= 0.6 is 0 Å². The Morgan fingerprint density at radius 1 is 0.905 bits per heavy atom. The molecule has 3 aromatic heterocycles. The Labute approximate surface area is 250 Å². The van der Waals surface area contributed by atoms with E-state index in [1.807, 2.05) is 4.68 Å². The van der Waals surface area contributed by atoms with Gasteiger partial charge in [-0.3, -0.25) is 4.68 Å². The third kappa shape index (κ3) is 4.45. The van der Waals surface area contributed by atoms with Crippen LogP contribution in [0.3, 0.4) is 0 Å². The molecular weight excluding hydrogens is 514 g/mol. The van der Waals surface area contributed by atoms with Crippen LogP contribution in [-0.2, 0) is 24.3 Å². The Morgan fingerprint density at radius 2 is 1.67 bits per heavy atom. The van der Waals surface area contributed by atoms with E-state index in [9.17, 15) is 0 Å². The van der Waals surface area contributed by atoms with E-state index >= 15 is 0 Å². The Morgan fingerprint density at radius 3 is 2.38 bits per heavy atom. The maximum Gasteiger partial charge on any atom is 0.309 e. The lowest BCUT2D eigenvalue weighted by Gasteiger charge is -2.40. The third-order valence-electron chi connectivity index (χ3n) is 9.52. The third-order valence-corrected chi connectivity index (χ3v) is 9.52. The van der Waals surface area contributed by atoms with E-state index in [-0.39, 0.29) is 17.0 Å². The van der Waals surface area contributed by atoms with E-state index < -0.39 is 0 Å². The normalized spacial score (nSPS) is 15.9. The molecular formula is C37H45N5+2. The van der Waals surface area contributed by atoms with E-state index in [0.717, 1.165) is 41.9 Å². The van der Waals surface area contributed by atoms with Crippen LogP contribution in [0.4, 0.5) is 0 Å². The van der Waals surface area contributed by atoms with Crippen molar-refractivity contribution in [2.75, 3.05) is 0 Å². The maximum atomic E-state index is 5.13. The summed E-state index contributed by atoms with van der Waals surface area (Å²) in [5.74, 6) is 0. The highest BCUT2D eigenvalue weighted by atomic mass is 15.3. The molecule has 0 radical (unpaired) electrons. The van der Waals surface area contributed by atoms with Crippen LogP contribution in [0.1, 0.15) is 90.2 Å². The molecule has 5 nitrogen and oxygen atoms in total. The van der Waals surface area contributed by atoms with Crippen LogP contribution < -0.4 is 9.13 Å². The molecule has 5 aromatic rings. The predicted octanol–water partition coefficient (Wildman–Crippen LogP) is 7.64. The number of nitrogens with zero attached hydrogens (tertiary/aromatic N) is 5. The molecule has 0 N–H and O–H groups in total. The zero-order chi connectivity index (χ0) is 29.6. The molecule has 216 valence electrons. The number of benzene rings is 2. The van der Waals surface area contributed by atoms with Gasteiger partial charge in [-0.1, -0.05) is 78.3 Å². The molecule has 0 spiro atoms. The first-order valence-corrected chi connectivity index (χ1v) is 15.7. The van der Waals surface area contributed by atoms with Crippen LogP contribution in [0.25, 0.3) is 33.5 Å². The van der Waals surface area contributed by atoms with Crippen molar-refractivity contribution in [3.63, 3.8) is 0 Å². The molecule has 0 amide bonds. The minimum absolute atomic E-state index is 0.00162. The van der Waals surface area contributed by atoms with Crippen LogP contribution in [-0.4, -0.2) is 14.8 Å². The van der Waals surface area contributed by atoms with Gasteiger partial charge in [0.1, 0.15) is 11.1 Å². The second kappa shape index (κ2) is 10.8. The molecule has 0 saturated carbocycles. The summed E-state index contributed by atoms with van der Waals surface area (Å²) in [4.78, 5) is 5.13. The lowest BCUT2D eigenvalue weighted by Crippen LogP contribution is -2.69. The van der Waals surface area contributed by atoms with Crippen LogP contribution in [0, 0.1) is 0 Å². The molecule has 0 aliphatic carbocycles. The number of aryl methyl sites for hydroxylation is 2. The molecule has 6 rings (SSSR count). The molecule has 5 heteroatoms. The lowest BCUT2D eigenvalue weighted by atomic mass is 9.68. The Kier molecular flexibility index (Phi) is 7.24. The van der Waals surface area contributed by atoms with Gasteiger partial charge in [0.05, 0.1) is 11.1 Å². The van der Waals surface area contributed by atoms with Crippen molar-refractivity contribution < 1.29 is 9.13 Å². The average Bonchev–Trinajstić information content (AvgIpc) is 3.41. The van der Waals surface area contributed by atoms with Gasteiger partial charge in [-0.05, 0) is 66.1 Å². The zero-order valence-corrected chi connectivity index (χ0v) is 26.4. The Hall–Kier alpha value is -3.86. The van der Waals surface area contributed by atoms with Crippen molar-refractivity contribution in [2.45, 2.75) is 90.6 Å². The summed E-state index contributed by atoms with van der Waals surface area (Å²) in [5.41, 5.74) is 9.65. The fourth-order valence-electron chi connectivity index (χ4n) is 7.10. The highest BCUT2D eigenvalue weighted by molar-refractivity contribution is 5.92. The summed E-state index contributed by atoms with van der Waals surface area (Å²) in [6, 6.07) is 24.8. The predicted molar refractivity (Wildman–Crippen MR) is 170 cm³/mol. The first-order valence-electron chi connectivity index (χ1n) is 15.7. The number of unbranched alkanes of at least 4 members (excludes halogenated alkanes) is 1. The number of hydrogen-bond acceptors (Lipinski definition) is 2. The standard InChI is InChI=1S/C37H45N5/c1-8-11-16-26-20-21-28-30(23-26)38-25-42-34(28)27-17-12-13-18-29(27)37(9-2,10-3)35(42)41-22-15-14-19-31(41)32-24-33(36(4,5)6)39-40(32)7/h12-15,17-25,35H,8-11,16H2,1-7H3/q+2. The van der Waals surface area contributed by atoms with Crippen LogP contribution in [0.15, 0.2) is 79.3 Å². The fourth-order valence-corrected chi connectivity index (χ4v) is 7.10. The molecule has 1 aliphatic rings. The Balaban J connectivity index is 1.65. The number of aromatic nitrogens is 5. The van der Waals surface area contributed by atoms with Crippen molar-refractivity contribution >= 4 is 10.9 Å². The quantitative estimate of drug-likeness (QED) is 0.192. The van der Waals surface area contributed by atoms with Gasteiger partial charge in [0.2, 0.25) is 5.69 Å². The van der Waals surface area contributed by atoms with Crippen molar-refractivity contribution in [2.24, 2.45) is 7.05 Å². The first-order chi connectivity index (χ1) is 20.2. The molecule has 2 aromatic carbocycles. The van der Waals surface area contributed by atoms with Gasteiger partial charge in [-0.25, -0.2) is 0 Å². The summed E-state index contributed by atoms with van der Waals surface area (Å²) in [7, 11) is 2.07. The monoisotopic (exact) mass is 559 g/mol. The average molecular weight is 560 g/mol. The number of rotatable bonds is 7. The van der Waals surface area contributed by atoms with E-state index in [0.29, 0.717) is 0 Å². The van der Waals surface area contributed by atoms with Gasteiger partial charge in [-0.2, -0.15) is 14.2 Å². The minimum Gasteiger partial charge on any atom is -0.262 e. The van der Waals surface area contributed by atoms with E-state index in [1.165, 1.54) is 40.6 Å². The largest absolute Gasteiger partial charge is 0.309 e. The van der Waals surface area contributed by atoms with Crippen LogP contribution in [0.2, 0.25) is 0 Å². The topological polar surface area (TPSA) is 38.5 Å². The highest BCUT2D eigenvalue weighted by Crippen LogP contribution is 2.47. The van der Waals surface area contributed by atoms with Gasteiger partial charge in [-0.15, -0.1) is 0 Å². The van der Waals surface area contributed by atoms with E-state index in [4.69, 9.17) is 10.1 Å². The van der Waals surface area contributed by atoms with Crippen molar-refractivity contribution in [1.29, 1.82) is 0 Å². The van der Waals surface area contributed by atoms with Gasteiger partial charge >= 0.3 is 6.17 Å². The molecule has 1 unspecified atom stereocenters. The molecule has 0 saturated heterocycles. The zero-order valence-electron chi connectivity index (χ0n) is 26.4. The maximum absolute atomic E-state index is 5.13. The second-order valence-corrected chi connectivity index (χ2v) is 13.0. The number of pyridine rings is 1. The minimum atomic E-state index is -0.128. The summed E-state index contributed by atoms with van der Waals surface area (Å²) >= 11 is 0. The van der Waals surface area contributed by atoms with E-state index in [2.05, 4.69) is 137 Å². The second-order valence-electron chi connectivity index (χ2n) is 13.0. The number of fused-ring (bicyclic) bond motifs is 5. The fraction of sp³-hybridized carbons (Fsp3) is 0.405. The van der Waals surface area contributed by atoms with Crippen molar-refractivity contribution in [3.8, 4) is 22.6 Å². The van der Waals surface area contributed by atoms with Crippen molar-refractivity contribution in [3.05, 3.63) is 96.1 Å². The summed E-state index contributed by atoms with van der Waals surface area (Å²) in [6.07, 6.45) is 9.86. The van der Waals surface area contributed by atoms with E-state index in [1.54, 1.807) is 0 Å². The summed E-state index contributed by atoms with van der Waals surface area (Å²) in [6.45, 7) is 13.6. The lowest BCUT2D eigenvalue weighted by molar-refractivity contribution is -0.947. The molecule has 1 aliphatic heterocycles. The van der Waals surface area contributed by atoms with Crippen LogP contribution in [0.5, 0.6) is 0 Å². The number of hydrogen-bond donors (Lipinski definition) is 0. The molecule has 4 heterocycles. The smallest absolute Gasteiger partial charge is 0.262 e. The van der Waals surface area contributed by atoms with Gasteiger partial charge in [0, 0.05) is 30.2 Å². The first kappa shape index (κ1) is 28.3. The molecule has 0 bridgehead atoms. The Bertz CT molecular complexity index is 1750. The molecule has 1 atom stereocenters. The van der Waals surface area contributed by atoms with Gasteiger partial charge in [0.15, 0.2) is 17.4 Å². The SMILES string of the molecule is CCCCc1ccc2c3[n+](cnc2c1)C([n+]1ccccc1-c1cc(C(C)(C)C)nn1C)C(CC)(CC)c1ccccc1-3. The molecule has 42 heavy (non-hydrogen) atoms. The van der Waals surface area contributed by atoms with Crippen molar-refractivity contribution in [1.82, 2.24) is 14.8 Å². The van der Waals surface area contributed by atoms with Gasteiger partial charge in [0.25, 0.3) is 6.33 Å². The highest BCUT2D eigenvalue weighted by Gasteiger charge is 2.55. The summed E-state index contributed by atoms with van der Waals surface area (Å²) < 4.78 is 7.00. The summed E-state index contributed by atoms with van der Waals surface area (Å²) in [5, 5.41) is 6.17. The van der Waals surface area contributed by atoms with Gasteiger partial charge < -0.3 is 0 Å².